The van der Waals surface area contributed by atoms with Crippen LogP contribution in [-0.4, -0.2) is 30.8 Å². The predicted molar refractivity (Wildman–Crippen MR) is 78.5 cm³/mol. The second-order valence-electron chi connectivity index (χ2n) is 4.95. The predicted octanol–water partition coefficient (Wildman–Crippen LogP) is 1.92. The van der Waals surface area contributed by atoms with Gasteiger partial charge in [0.25, 0.3) is 0 Å². The lowest BCUT2D eigenvalue weighted by Crippen LogP contribution is -2.42. The van der Waals surface area contributed by atoms with E-state index in [2.05, 4.69) is 10.1 Å². The maximum absolute atomic E-state index is 13.5. The molecule has 0 bridgehead atoms. The Morgan fingerprint density at radius 1 is 1.22 bits per heavy atom. The maximum Gasteiger partial charge on any atom is 0.328 e. The van der Waals surface area contributed by atoms with Crippen LogP contribution in [0.4, 0.5) is 8.78 Å². The molecule has 1 rings (SSSR count). The molecule has 7 heteroatoms. The van der Waals surface area contributed by atoms with E-state index < -0.39 is 36.0 Å². The summed E-state index contributed by atoms with van der Waals surface area (Å²) in [4.78, 5) is 34.9. The maximum atomic E-state index is 13.5. The van der Waals surface area contributed by atoms with Crippen LogP contribution in [0.1, 0.15) is 31.7 Å². The van der Waals surface area contributed by atoms with E-state index in [-0.39, 0.29) is 24.2 Å². The van der Waals surface area contributed by atoms with Gasteiger partial charge in [-0.1, -0.05) is 13.0 Å². The van der Waals surface area contributed by atoms with Crippen molar-refractivity contribution in [2.75, 3.05) is 7.11 Å². The van der Waals surface area contributed by atoms with E-state index in [0.717, 1.165) is 19.2 Å². The third-order valence-electron chi connectivity index (χ3n) is 3.33. The molecule has 5 nitrogen and oxygen atoms in total. The molecule has 1 N–H and O–H groups in total. The van der Waals surface area contributed by atoms with E-state index in [1.165, 1.54) is 6.07 Å². The lowest BCUT2D eigenvalue weighted by atomic mass is 10.1. The number of benzene rings is 1. The van der Waals surface area contributed by atoms with Crippen LogP contribution in [0.25, 0.3) is 0 Å². The summed E-state index contributed by atoms with van der Waals surface area (Å²) in [6, 6.07) is 2.25. The zero-order chi connectivity index (χ0) is 17.4. The second-order valence-corrected chi connectivity index (χ2v) is 4.95. The van der Waals surface area contributed by atoms with Crippen molar-refractivity contribution in [1.29, 1.82) is 0 Å². The largest absolute Gasteiger partial charge is 0.467 e. The van der Waals surface area contributed by atoms with Crippen molar-refractivity contribution in [1.82, 2.24) is 5.32 Å². The number of carbonyl (C=O) groups excluding carboxylic acids is 3. The number of ketones is 1. The van der Waals surface area contributed by atoms with Crippen LogP contribution in [-0.2, 0) is 25.5 Å². The van der Waals surface area contributed by atoms with Crippen molar-refractivity contribution in [3.8, 4) is 0 Å². The molecule has 0 aliphatic heterocycles. The molecule has 23 heavy (non-hydrogen) atoms. The number of carbonyl (C=O) groups is 3. The van der Waals surface area contributed by atoms with Crippen molar-refractivity contribution < 1.29 is 27.9 Å². The van der Waals surface area contributed by atoms with E-state index in [1.54, 1.807) is 6.92 Å². The number of amides is 1. The van der Waals surface area contributed by atoms with E-state index in [1.807, 2.05) is 0 Å². The van der Waals surface area contributed by atoms with Crippen LogP contribution < -0.4 is 5.32 Å². The van der Waals surface area contributed by atoms with Gasteiger partial charge in [-0.05, 0) is 18.6 Å². The normalized spacial score (nSPS) is 11.7. The first-order valence-corrected chi connectivity index (χ1v) is 7.20. The quantitative estimate of drug-likeness (QED) is 0.741. The summed E-state index contributed by atoms with van der Waals surface area (Å²) in [6.07, 6.45) is -0.0502. The molecule has 0 heterocycles. The Kier molecular flexibility index (Phi) is 7.31. The molecule has 1 aromatic rings. The van der Waals surface area contributed by atoms with Crippen LogP contribution in [0, 0.1) is 11.6 Å². The minimum atomic E-state index is -1.03. The fourth-order valence-corrected chi connectivity index (χ4v) is 1.98. The molecule has 0 saturated carbocycles. The molecule has 0 saturated heterocycles. The Labute approximate surface area is 133 Å². The number of methoxy groups -OCH3 is 1. The average Bonchev–Trinajstić information content (AvgIpc) is 2.53. The molecule has 1 aromatic carbocycles. The summed E-state index contributed by atoms with van der Waals surface area (Å²) in [5.41, 5.74) is -0.377. The fraction of sp³-hybridized carbons (Fsp3) is 0.438. The van der Waals surface area contributed by atoms with Gasteiger partial charge < -0.3 is 10.1 Å². The zero-order valence-electron chi connectivity index (χ0n) is 13.0. The molecule has 0 aromatic heterocycles. The molecule has 0 aliphatic carbocycles. The lowest BCUT2D eigenvalue weighted by Gasteiger charge is -2.16. The summed E-state index contributed by atoms with van der Waals surface area (Å²) in [6.45, 7) is 1.69. The van der Waals surface area contributed by atoms with E-state index in [0.29, 0.717) is 6.42 Å². The Morgan fingerprint density at radius 2 is 1.83 bits per heavy atom. The monoisotopic (exact) mass is 327 g/mol. The van der Waals surface area contributed by atoms with Gasteiger partial charge in [-0.25, -0.2) is 13.6 Å². The number of esters is 1. The molecule has 0 fully saturated rings. The van der Waals surface area contributed by atoms with Crippen molar-refractivity contribution in [3.63, 3.8) is 0 Å². The highest BCUT2D eigenvalue weighted by Crippen LogP contribution is 2.13. The Balaban J connectivity index is 2.73. The minimum Gasteiger partial charge on any atom is -0.467 e. The summed E-state index contributed by atoms with van der Waals surface area (Å²) in [5.74, 6) is -3.18. The summed E-state index contributed by atoms with van der Waals surface area (Å²) >= 11 is 0. The number of hydrogen-bond donors (Lipinski definition) is 1. The number of ether oxygens (including phenoxy) is 1. The van der Waals surface area contributed by atoms with Gasteiger partial charge in [0.05, 0.1) is 13.5 Å². The van der Waals surface area contributed by atoms with E-state index in [9.17, 15) is 23.2 Å². The first-order valence-electron chi connectivity index (χ1n) is 7.20. The van der Waals surface area contributed by atoms with Crippen molar-refractivity contribution in [2.24, 2.45) is 0 Å². The molecular weight excluding hydrogens is 308 g/mol. The van der Waals surface area contributed by atoms with Gasteiger partial charge in [-0.2, -0.15) is 0 Å². The van der Waals surface area contributed by atoms with Crippen LogP contribution in [0.5, 0.6) is 0 Å². The summed E-state index contributed by atoms with van der Waals surface area (Å²) in [5, 5.41) is 2.35. The molecule has 0 spiro atoms. The minimum absolute atomic E-state index is 0.0618. The Morgan fingerprint density at radius 3 is 2.35 bits per heavy atom. The first-order chi connectivity index (χ1) is 10.9. The molecule has 0 aliphatic rings. The highest BCUT2D eigenvalue weighted by molar-refractivity contribution is 5.86. The number of halogens is 2. The van der Waals surface area contributed by atoms with Gasteiger partial charge in [0, 0.05) is 18.4 Å². The first kappa shape index (κ1) is 18.7. The van der Waals surface area contributed by atoms with Crippen molar-refractivity contribution in [2.45, 2.75) is 38.6 Å². The SMILES string of the molecule is CCC(=O)CC[C@@H](NC(=O)Cc1c(F)cccc1F)C(=O)OC. The topological polar surface area (TPSA) is 72.5 Å². The van der Waals surface area contributed by atoms with Crippen LogP contribution >= 0.6 is 0 Å². The highest BCUT2D eigenvalue weighted by atomic mass is 19.1. The summed E-state index contributed by atoms with van der Waals surface area (Å²) < 4.78 is 31.6. The molecular formula is C16H19F2NO4. The number of Topliss-reactive ketones (excluding diaryl/α,β-unsaturated/α-hetero) is 1. The van der Waals surface area contributed by atoms with Gasteiger partial charge in [-0.3, -0.25) is 9.59 Å². The molecule has 0 unspecified atom stereocenters. The number of rotatable bonds is 8. The van der Waals surface area contributed by atoms with Crippen molar-refractivity contribution >= 4 is 17.7 Å². The van der Waals surface area contributed by atoms with Gasteiger partial charge >= 0.3 is 5.97 Å². The number of hydrogen-bond acceptors (Lipinski definition) is 4. The van der Waals surface area contributed by atoms with E-state index >= 15 is 0 Å². The molecule has 1 atom stereocenters. The van der Waals surface area contributed by atoms with Gasteiger partial charge in [-0.15, -0.1) is 0 Å². The number of nitrogens with one attached hydrogen (secondary N) is 1. The third kappa shape index (κ3) is 5.77. The molecule has 0 radical (unpaired) electrons. The Hall–Kier alpha value is -2.31. The molecule has 126 valence electrons. The van der Waals surface area contributed by atoms with Crippen molar-refractivity contribution in [3.05, 3.63) is 35.4 Å². The van der Waals surface area contributed by atoms with E-state index in [4.69, 9.17) is 0 Å². The average molecular weight is 327 g/mol. The van der Waals surface area contributed by atoms with Gasteiger partial charge in [0.15, 0.2) is 0 Å². The second kappa shape index (κ2) is 8.97. The van der Waals surface area contributed by atoms with Crippen LogP contribution in [0.15, 0.2) is 18.2 Å². The standard InChI is InChI=1S/C16H19F2NO4/c1-3-10(20)7-8-14(16(22)23-2)19-15(21)9-11-12(17)5-4-6-13(11)18/h4-6,14H,3,7-9H2,1-2H3,(H,19,21)/t14-/m1/s1. The third-order valence-corrected chi connectivity index (χ3v) is 3.33. The van der Waals surface area contributed by atoms with Crippen LogP contribution in [0.2, 0.25) is 0 Å². The highest BCUT2D eigenvalue weighted by Gasteiger charge is 2.23. The van der Waals surface area contributed by atoms with Crippen LogP contribution in [0.3, 0.4) is 0 Å². The van der Waals surface area contributed by atoms with Gasteiger partial charge in [0.1, 0.15) is 23.5 Å². The summed E-state index contributed by atoms with van der Waals surface area (Å²) in [7, 11) is 1.15. The smallest absolute Gasteiger partial charge is 0.328 e. The lowest BCUT2D eigenvalue weighted by molar-refractivity contribution is -0.145. The molecule has 1 amide bonds. The Bertz CT molecular complexity index is 569. The van der Waals surface area contributed by atoms with Gasteiger partial charge in [0.2, 0.25) is 5.91 Å². The fourth-order valence-electron chi connectivity index (χ4n) is 1.98. The zero-order valence-corrected chi connectivity index (χ0v) is 13.0.